The van der Waals surface area contributed by atoms with Gasteiger partial charge in [-0.15, -0.1) is 0 Å². The second-order valence-corrected chi connectivity index (χ2v) is 4.68. The van der Waals surface area contributed by atoms with Crippen LogP contribution < -0.4 is 0 Å². The van der Waals surface area contributed by atoms with Crippen molar-refractivity contribution in [2.45, 2.75) is 33.6 Å². The first-order valence-electron chi connectivity index (χ1n) is 6.01. The van der Waals surface area contributed by atoms with Crippen LogP contribution >= 0.6 is 0 Å². The van der Waals surface area contributed by atoms with Gasteiger partial charge in [-0.2, -0.15) is 0 Å². The summed E-state index contributed by atoms with van der Waals surface area (Å²) in [5.74, 6) is 0.0346. The predicted molar refractivity (Wildman–Crippen MR) is 65.4 cm³/mol. The summed E-state index contributed by atoms with van der Waals surface area (Å²) < 4.78 is 0. The Balaban J connectivity index is 2.36. The summed E-state index contributed by atoms with van der Waals surface area (Å²) in [6.07, 6.45) is 2.15. The Kier molecular flexibility index (Phi) is 3.05. The molecule has 1 N–H and O–H groups in total. The van der Waals surface area contributed by atoms with Crippen molar-refractivity contribution in [1.82, 2.24) is 9.88 Å². The second kappa shape index (κ2) is 4.35. The monoisotopic (exact) mass is 234 g/mol. The van der Waals surface area contributed by atoms with Crippen LogP contribution in [0.1, 0.15) is 51.9 Å². The molecule has 0 spiro atoms. The lowest BCUT2D eigenvalue weighted by molar-refractivity contribution is 0.0787. The van der Waals surface area contributed by atoms with E-state index in [2.05, 4.69) is 4.98 Å². The van der Waals surface area contributed by atoms with Crippen LogP contribution in [0, 0.1) is 13.8 Å². The minimum atomic E-state index is 0.0109. The molecule has 0 bridgehead atoms. The van der Waals surface area contributed by atoms with Gasteiger partial charge in [0.1, 0.15) is 5.69 Å². The lowest BCUT2D eigenvalue weighted by Gasteiger charge is -2.14. The molecule has 1 saturated heterocycles. The van der Waals surface area contributed by atoms with Gasteiger partial charge in [0.15, 0.2) is 5.78 Å². The molecule has 0 aliphatic carbocycles. The number of amides is 1. The maximum atomic E-state index is 12.2. The molecule has 1 fully saturated rings. The first-order chi connectivity index (χ1) is 8.02. The molecule has 1 aliphatic heterocycles. The summed E-state index contributed by atoms with van der Waals surface area (Å²) in [7, 11) is 0. The standard InChI is InChI=1S/C13H18N2O2/c1-8-11(10(3)16)9(2)14-12(8)13(17)15-6-4-5-7-15/h14H,4-7H2,1-3H3. The zero-order chi connectivity index (χ0) is 12.6. The summed E-state index contributed by atoms with van der Waals surface area (Å²) in [6.45, 7) is 6.86. The molecule has 2 rings (SSSR count). The van der Waals surface area contributed by atoms with Crippen molar-refractivity contribution in [1.29, 1.82) is 0 Å². The van der Waals surface area contributed by atoms with E-state index in [1.807, 2.05) is 18.7 Å². The van der Waals surface area contributed by atoms with Gasteiger partial charge in [-0.05, 0) is 39.2 Å². The van der Waals surface area contributed by atoms with E-state index in [-0.39, 0.29) is 11.7 Å². The van der Waals surface area contributed by atoms with Crippen LogP contribution in [-0.2, 0) is 0 Å². The van der Waals surface area contributed by atoms with Crippen molar-refractivity contribution >= 4 is 11.7 Å². The molecule has 17 heavy (non-hydrogen) atoms. The van der Waals surface area contributed by atoms with E-state index in [0.717, 1.165) is 37.2 Å². The number of aromatic amines is 1. The fourth-order valence-corrected chi connectivity index (χ4v) is 2.57. The molecule has 4 nitrogen and oxygen atoms in total. The molecule has 0 radical (unpaired) electrons. The molecular formula is C13H18N2O2. The Morgan fingerprint density at radius 1 is 1.18 bits per heavy atom. The number of Topliss-reactive ketones (excluding diaryl/α,β-unsaturated/α-hetero) is 1. The van der Waals surface area contributed by atoms with Crippen molar-refractivity contribution in [3.63, 3.8) is 0 Å². The third-order valence-corrected chi connectivity index (χ3v) is 3.40. The lowest BCUT2D eigenvalue weighted by Crippen LogP contribution is -2.28. The molecule has 0 aromatic carbocycles. The van der Waals surface area contributed by atoms with Gasteiger partial charge in [0.05, 0.1) is 0 Å². The Hall–Kier alpha value is -1.58. The van der Waals surface area contributed by atoms with Crippen molar-refractivity contribution in [2.75, 3.05) is 13.1 Å². The van der Waals surface area contributed by atoms with E-state index in [9.17, 15) is 9.59 Å². The van der Waals surface area contributed by atoms with Gasteiger partial charge in [0.2, 0.25) is 0 Å². The highest BCUT2D eigenvalue weighted by Crippen LogP contribution is 2.21. The maximum absolute atomic E-state index is 12.2. The van der Waals surface area contributed by atoms with Crippen LogP contribution in [0.15, 0.2) is 0 Å². The average molecular weight is 234 g/mol. The van der Waals surface area contributed by atoms with E-state index >= 15 is 0 Å². The molecule has 4 heteroatoms. The normalized spacial score (nSPS) is 15.4. The van der Waals surface area contributed by atoms with Gasteiger partial charge in [-0.25, -0.2) is 0 Å². The second-order valence-electron chi connectivity index (χ2n) is 4.68. The van der Waals surface area contributed by atoms with Crippen molar-refractivity contribution in [2.24, 2.45) is 0 Å². The quantitative estimate of drug-likeness (QED) is 0.796. The maximum Gasteiger partial charge on any atom is 0.270 e. The first-order valence-corrected chi connectivity index (χ1v) is 6.01. The van der Waals surface area contributed by atoms with E-state index < -0.39 is 0 Å². The van der Waals surface area contributed by atoms with Gasteiger partial charge in [-0.3, -0.25) is 9.59 Å². The average Bonchev–Trinajstić information content (AvgIpc) is 2.85. The van der Waals surface area contributed by atoms with E-state index in [0.29, 0.717) is 11.3 Å². The highest BCUT2D eigenvalue weighted by Gasteiger charge is 2.25. The number of likely N-dealkylation sites (tertiary alicyclic amines) is 1. The van der Waals surface area contributed by atoms with Crippen molar-refractivity contribution in [3.8, 4) is 0 Å². The highest BCUT2D eigenvalue weighted by atomic mass is 16.2. The largest absolute Gasteiger partial charge is 0.354 e. The van der Waals surface area contributed by atoms with Crippen LogP contribution in [0.3, 0.4) is 0 Å². The molecular weight excluding hydrogens is 216 g/mol. The van der Waals surface area contributed by atoms with Crippen LogP contribution in [0.5, 0.6) is 0 Å². The number of hydrogen-bond acceptors (Lipinski definition) is 2. The minimum absolute atomic E-state index is 0.0109. The van der Waals surface area contributed by atoms with Gasteiger partial charge in [-0.1, -0.05) is 0 Å². The minimum Gasteiger partial charge on any atom is -0.354 e. The topological polar surface area (TPSA) is 53.2 Å². The summed E-state index contributed by atoms with van der Waals surface area (Å²) in [5.41, 5.74) is 2.81. The predicted octanol–water partition coefficient (Wildman–Crippen LogP) is 2.07. The Bertz CT molecular complexity index is 468. The van der Waals surface area contributed by atoms with Gasteiger partial charge in [0, 0.05) is 24.3 Å². The molecule has 0 atom stereocenters. The number of H-pyrrole nitrogens is 1. The zero-order valence-corrected chi connectivity index (χ0v) is 10.6. The lowest BCUT2D eigenvalue weighted by atomic mass is 10.1. The number of hydrogen-bond donors (Lipinski definition) is 1. The summed E-state index contributed by atoms with van der Waals surface area (Å²) in [4.78, 5) is 28.6. The third kappa shape index (κ3) is 1.99. The van der Waals surface area contributed by atoms with Gasteiger partial charge in [0.25, 0.3) is 5.91 Å². The summed E-state index contributed by atoms with van der Waals surface area (Å²) in [5, 5.41) is 0. The Morgan fingerprint density at radius 3 is 2.24 bits per heavy atom. The van der Waals surface area contributed by atoms with Crippen LogP contribution in [0.25, 0.3) is 0 Å². The van der Waals surface area contributed by atoms with Crippen LogP contribution in [-0.4, -0.2) is 34.7 Å². The molecule has 0 saturated carbocycles. The van der Waals surface area contributed by atoms with Crippen molar-refractivity contribution in [3.05, 3.63) is 22.5 Å². The van der Waals surface area contributed by atoms with Gasteiger partial charge >= 0.3 is 0 Å². The fourth-order valence-electron chi connectivity index (χ4n) is 2.57. The smallest absolute Gasteiger partial charge is 0.270 e. The van der Waals surface area contributed by atoms with Gasteiger partial charge < -0.3 is 9.88 Å². The molecule has 1 aromatic rings. The molecule has 1 aromatic heterocycles. The fraction of sp³-hybridized carbons (Fsp3) is 0.538. The van der Waals surface area contributed by atoms with Crippen LogP contribution in [0.4, 0.5) is 0 Å². The molecule has 92 valence electrons. The summed E-state index contributed by atoms with van der Waals surface area (Å²) in [6, 6.07) is 0. The number of ketones is 1. The summed E-state index contributed by atoms with van der Waals surface area (Å²) >= 11 is 0. The number of carbonyl (C=O) groups excluding carboxylic acids is 2. The number of rotatable bonds is 2. The number of nitrogens with one attached hydrogen (secondary N) is 1. The van der Waals surface area contributed by atoms with Crippen LogP contribution in [0.2, 0.25) is 0 Å². The molecule has 1 aliphatic rings. The van der Waals surface area contributed by atoms with E-state index in [1.54, 1.807) is 0 Å². The van der Waals surface area contributed by atoms with E-state index in [4.69, 9.17) is 0 Å². The molecule has 1 amide bonds. The number of nitrogens with zero attached hydrogens (tertiary/aromatic N) is 1. The number of aryl methyl sites for hydroxylation is 1. The number of aromatic nitrogens is 1. The Morgan fingerprint density at radius 2 is 1.76 bits per heavy atom. The molecule has 2 heterocycles. The number of carbonyl (C=O) groups is 2. The van der Waals surface area contributed by atoms with E-state index in [1.165, 1.54) is 6.92 Å². The SMILES string of the molecule is CC(=O)c1c(C)[nH]c(C(=O)N2CCCC2)c1C. The highest BCUT2D eigenvalue weighted by molar-refractivity contribution is 6.02. The first kappa shape index (κ1) is 11.9. The van der Waals surface area contributed by atoms with Crippen molar-refractivity contribution < 1.29 is 9.59 Å². The third-order valence-electron chi connectivity index (χ3n) is 3.40. The zero-order valence-electron chi connectivity index (χ0n) is 10.6. The molecule has 0 unspecified atom stereocenters. The Labute approximate surface area is 101 Å².